The van der Waals surface area contributed by atoms with Gasteiger partial charge in [0.15, 0.2) is 4.96 Å². The standard InChI is InChI=1S/C16H20N4OS/c1-2-5-14(19-8-3-4-9-19)15(21)17-7-6-13-12-20-10-11-22-16(20)18-13/h3-4,8-12,14H,2,5-7H2,1H3,(H,17,21)/t14-/m1/s1. The Kier molecular flexibility index (Phi) is 4.58. The van der Waals surface area contributed by atoms with Gasteiger partial charge in [-0.15, -0.1) is 11.3 Å². The van der Waals surface area contributed by atoms with Gasteiger partial charge < -0.3 is 9.88 Å². The Morgan fingerprint density at radius 1 is 1.36 bits per heavy atom. The van der Waals surface area contributed by atoms with Gasteiger partial charge in [0.25, 0.3) is 0 Å². The Morgan fingerprint density at radius 2 is 2.18 bits per heavy atom. The highest BCUT2D eigenvalue weighted by Crippen LogP contribution is 2.15. The second-order valence-corrected chi connectivity index (χ2v) is 6.17. The minimum atomic E-state index is -0.120. The first-order valence-corrected chi connectivity index (χ1v) is 8.47. The van der Waals surface area contributed by atoms with Gasteiger partial charge in [-0.3, -0.25) is 9.20 Å². The number of hydrogen-bond acceptors (Lipinski definition) is 3. The van der Waals surface area contributed by atoms with Gasteiger partial charge >= 0.3 is 0 Å². The maximum atomic E-state index is 12.4. The maximum Gasteiger partial charge on any atom is 0.243 e. The molecule has 0 saturated heterocycles. The molecule has 0 aromatic carbocycles. The van der Waals surface area contributed by atoms with E-state index in [0.717, 1.165) is 29.9 Å². The molecule has 0 aliphatic rings. The van der Waals surface area contributed by atoms with Crippen molar-refractivity contribution in [3.05, 3.63) is 48.0 Å². The van der Waals surface area contributed by atoms with E-state index in [9.17, 15) is 4.79 Å². The van der Waals surface area contributed by atoms with Gasteiger partial charge in [0.1, 0.15) is 6.04 Å². The number of carbonyl (C=O) groups excluding carboxylic acids is 1. The molecule has 0 unspecified atom stereocenters. The van der Waals surface area contributed by atoms with Gasteiger partial charge in [-0.05, 0) is 18.6 Å². The van der Waals surface area contributed by atoms with Crippen LogP contribution in [-0.2, 0) is 11.2 Å². The zero-order valence-corrected chi connectivity index (χ0v) is 13.4. The lowest BCUT2D eigenvalue weighted by atomic mass is 10.1. The molecular weight excluding hydrogens is 296 g/mol. The first-order chi connectivity index (χ1) is 10.8. The highest BCUT2D eigenvalue weighted by Gasteiger charge is 2.18. The fraction of sp³-hybridized carbons (Fsp3) is 0.375. The number of nitrogens with one attached hydrogen (secondary N) is 1. The van der Waals surface area contributed by atoms with Crippen molar-refractivity contribution in [2.24, 2.45) is 0 Å². The van der Waals surface area contributed by atoms with Crippen LogP contribution in [0.25, 0.3) is 4.96 Å². The number of amides is 1. The molecule has 0 aliphatic heterocycles. The summed E-state index contributed by atoms with van der Waals surface area (Å²) in [5, 5.41) is 5.05. The minimum absolute atomic E-state index is 0.0825. The van der Waals surface area contributed by atoms with Crippen LogP contribution in [0.5, 0.6) is 0 Å². The largest absolute Gasteiger partial charge is 0.354 e. The monoisotopic (exact) mass is 316 g/mol. The average Bonchev–Trinajstić information content (AvgIpc) is 3.21. The summed E-state index contributed by atoms with van der Waals surface area (Å²) >= 11 is 1.62. The normalized spacial score (nSPS) is 12.6. The van der Waals surface area contributed by atoms with Crippen molar-refractivity contribution in [1.29, 1.82) is 0 Å². The van der Waals surface area contributed by atoms with Crippen molar-refractivity contribution in [3.63, 3.8) is 0 Å². The van der Waals surface area contributed by atoms with E-state index in [4.69, 9.17) is 0 Å². The van der Waals surface area contributed by atoms with Crippen LogP contribution in [0.1, 0.15) is 31.5 Å². The van der Waals surface area contributed by atoms with Gasteiger partial charge in [0.2, 0.25) is 5.91 Å². The molecule has 0 fully saturated rings. The van der Waals surface area contributed by atoms with Crippen LogP contribution in [0.15, 0.2) is 42.3 Å². The molecule has 0 radical (unpaired) electrons. The molecule has 1 amide bonds. The third kappa shape index (κ3) is 3.22. The summed E-state index contributed by atoms with van der Waals surface area (Å²) < 4.78 is 3.99. The van der Waals surface area contributed by atoms with Gasteiger partial charge in [0.05, 0.1) is 5.69 Å². The van der Waals surface area contributed by atoms with Crippen LogP contribution < -0.4 is 5.32 Å². The van der Waals surface area contributed by atoms with E-state index in [1.54, 1.807) is 11.3 Å². The van der Waals surface area contributed by atoms with Crippen molar-refractivity contribution in [1.82, 2.24) is 19.3 Å². The van der Waals surface area contributed by atoms with Gasteiger partial charge in [-0.2, -0.15) is 0 Å². The number of carbonyl (C=O) groups is 1. The molecule has 0 spiro atoms. The quantitative estimate of drug-likeness (QED) is 0.728. The lowest BCUT2D eigenvalue weighted by Gasteiger charge is -2.17. The van der Waals surface area contributed by atoms with Crippen LogP contribution in [0, 0.1) is 0 Å². The summed E-state index contributed by atoms with van der Waals surface area (Å²) in [6.45, 7) is 2.72. The Labute approximate surface area is 133 Å². The lowest BCUT2D eigenvalue weighted by Crippen LogP contribution is -2.33. The molecule has 5 nitrogen and oxygen atoms in total. The summed E-state index contributed by atoms with van der Waals surface area (Å²) in [6.07, 6.45) is 10.5. The van der Waals surface area contributed by atoms with E-state index in [1.165, 1.54) is 0 Å². The van der Waals surface area contributed by atoms with E-state index in [2.05, 4.69) is 17.2 Å². The SMILES string of the molecule is CCC[C@H](C(=O)NCCc1cn2ccsc2n1)n1cccc1. The zero-order valence-electron chi connectivity index (χ0n) is 12.6. The smallest absolute Gasteiger partial charge is 0.243 e. The zero-order chi connectivity index (χ0) is 15.4. The van der Waals surface area contributed by atoms with Crippen LogP contribution in [0.3, 0.4) is 0 Å². The van der Waals surface area contributed by atoms with Crippen LogP contribution in [-0.4, -0.2) is 26.4 Å². The molecule has 6 heteroatoms. The van der Waals surface area contributed by atoms with E-state index in [1.807, 2.05) is 51.3 Å². The number of imidazole rings is 1. The van der Waals surface area contributed by atoms with E-state index >= 15 is 0 Å². The molecule has 116 valence electrons. The molecule has 3 heterocycles. The van der Waals surface area contributed by atoms with Gasteiger partial charge in [0, 0.05) is 43.1 Å². The molecule has 3 aromatic heterocycles. The van der Waals surface area contributed by atoms with Crippen LogP contribution in [0.4, 0.5) is 0 Å². The fourth-order valence-corrected chi connectivity index (χ4v) is 3.29. The number of nitrogens with zero attached hydrogens (tertiary/aromatic N) is 3. The molecule has 0 aliphatic carbocycles. The Morgan fingerprint density at radius 3 is 2.91 bits per heavy atom. The number of aromatic nitrogens is 3. The number of thiazole rings is 1. The van der Waals surface area contributed by atoms with E-state index in [0.29, 0.717) is 6.54 Å². The molecule has 3 aromatic rings. The van der Waals surface area contributed by atoms with Crippen molar-refractivity contribution in [3.8, 4) is 0 Å². The second-order valence-electron chi connectivity index (χ2n) is 5.30. The third-order valence-corrected chi connectivity index (χ3v) is 4.45. The van der Waals surface area contributed by atoms with Crippen molar-refractivity contribution < 1.29 is 4.79 Å². The second kappa shape index (κ2) is 6.79. The molecule has 1 N–H and O–H groups in total. The summed E-state index contributed by atoms with van der Waals surface area (Å²) in [6, 6.07) is 3.78. The highest BCUT2D eigenvalue weighted by atomic mass is 32.1. The van der Waals surface area contributed by atoms with E-state index in [-0.39, 0.29) is 11.9 Å². The van der Waals surface area contributed by atoms with Crippen LogP contribution >= 0.6 is 11.3 Å². The van der Waals surface area contributed by atoms with Crippen molar-refractivity contribution >= 4 is 22.2 Å². The molecule has 22 heavy (non-hydrogen) atoms. The molecule has 1 atom stereocenters. The first-order valence-electron chi connectivity index (χ1n) is 7.59. The average molecular weight is 316 g/mol. The Balaban J connectivity index is 1.55. The molecule has 3 rings (SSSR count). The Bertz CT molecular complexity index is 700. The van der Waals surface area contributed by atoms with Crippen molar-refractivity contribution in [2.45, 2.75) is 32.2 Å². The third-order valence-electron chi connectivity index (χ3n) is 3.68. The molecule has 0 bridgehead atoms. The topological polar surface area (TPSA) is 51.3 Å². The van der Waals surface area contributed by atoms with Crippen molar-refractivity contribution in [2.75, 3.05) is 6.54 Å². The predicted octanol–water partition coefficient (Wildman–Crippen LogP) is 2.90. The summed E-state index contributed by atoms with van der Waals surface area (Å²) in [5.74, 6) is 0.0825. The van der Waals surface area contributed by atoms with E-state index < -0.39 is 0 Å². The molecule has 0 saturated carbocycles. The van der Waals surface area contributed by atoms with Crippen LogP contribution in [0.2, 0.25) is 0 Å². The highest BCUT2D eigenvalue weighted by molar-refractivity contribution is 7.15. The number of fused-ring (bicyclic) bond motifs is 1. The molecular formula is C16H20N4OS. The predicted molar refractivity (Wildman–Crippen MR) is 88.2 cm³/mol. The van der Waals surface area contributed by atoms with Gasteiger partial charge in [-0.25, -0.2) is 4.98 Å². The Hall–Kier alpha value is -2.08. The summed E-state index contributed by atoms with van der Waals surface area (Å²) in [7, 11) is 0. The minimum Gasteiger partial charge on any atom is -0.354 e. The van der Waals surface area contributed by atoms with Gasteiger partial charge in [-0.1, -0.05) is 13.3 Å². The first kappa shape index (κ1) is 14.8. The lowest BCUT2D eigenvalue weighted by molar-refractivity contribution is -0.124. The maximum absolute atomic E-state index is 12.4. The summed E-state index contributed by atoms with van der Waals surface area (Å²) in [5.41, 5.74) is 1.01. The summed E-state index contributed by atoms with van der Waals surface area (Å²) in [4.78, 5) is 17.9. The number of rotatable bonds is 7. The number of hydrogen-bond donors (Lipinski definition) is 1. The fourth-order valence-electron chi connectivity index (χ4n) is 2.57.